The van der Waals surface area contributed by atoms with E-state index < -0.39 is 0 Å². The lowest BCUT2D eigenvalue weighted by atomic mass is 10.00. The number of aryl methyl sites for hydroxylation is 4. The summed E-state index contributed by atoms with van der Waals surface area (Å²) < 4.78 is 20.6. The minimum Gasteiger partial charge on any atom is -0.479 e. The number of H-pyrrole nitrogens is 1. The van der Waals surface area contributed by atoms with Gasteiger partial charge in [0.25, 0.3) is 0 Å². The zero-order chi connectivity index (χ0) is 25.1. The molecule has 0 aliphatic heterocycles. The van der Waals surface area contributed by atoms with E-state index in [1.807, 2.05) is 40.1 Å². The fourth-order valence-corrected chi connectivity index (χ4v) is 4.45. The smallest absolute Gasteiger partial charge is 0.242 e. The number of fused-ring (bicyclic) bond motifs is 1. The number of nitrogens with zero attached hydrogens (tertiary/aromatic N) is 5. The Morgan fingerprint density at radius 1 is 1.23 bits per heavy atom. The van der Waals surface area contributed by atoms with Crippen molar-refractivity contribution in [1.82, 2.24) is 29.9 Å². The molecule has 1 aromatic carbocycles. The molecule has 0 saturated heterocycles. The molecule has 184 valence electrons. The highest BCUT2D eigenvalue weighted by Crippen LogP contribution is 2.30. The number of methoxy groups -OCH3 is 1. The zero-order valence-corrected chi connectivity index (χ0v) is 20.9. The second kappa shape index (κ2) is 10.2. The second-order valence-electron chi connectivity index (χ2n) is 8.84. The lowest BCUT2D eigenvalue weighted by Crippen LogP contribution is -2.28. The predicted molar refractivity (Wildman–Crippen MR) is 133 cm³/mol. The average molecular weight is 479 g/mol. The number of ether oxygens (including phenoxy) is 1. The van der Waals surface area contributed by atoms with Crippen molar-refractivity contribution in [2.45, 2.75) is 39.5 Å². The first-order valence-corrected chi connectivity index (χ1v) is 11.7. The summed E-state index contributed by atoms with van der Waals surface area (Å²) in [7, 11) is 5.28. The van der Waals surface area contributed by atoms with Gasteiger partial charge in [0.05, 0.1) is 18.2 Å². The molecule has 0 fully saturated rings. The Labute approximate surface area is 204 Å². The number of carbonyl (C=O) groups is 1. The van der Waals surface area contributed by atoms with Crippen LogP contribution < -0.4 is 4.74 Å². The largest absolute Gasteiger partial charge is 0.479 e. The Morgan fingerprint density at radius 2 is 2.03 bits per heavy atom. The number of pyridine rings is 1. The fraction of sp³-hybridized carbons (Fsp3) is 0.385. The molecule has 8 nitrogen and oxygen atoms in total. The molecule has 0 aliphatic carbocycles. The van der Waals surface area contributed by atoms with E-state index in [0.29, 0.717) is 31.0 Å². The molecular formula is C26H31FN6O2. The normalized spacial score (nSPS) is 11.3. The van der Waals surface area contributed by atoms with Gasteiger partial charge in [-0.15, -0.1) is 5.10 Å². The van der Waals surface area contributed by atoms with Crippen LogP contribution in [0.1, 0.15) is 35.4 Å². The van der Waals surface area contributed by atoms with Gasteiger partial charge in [-0.2, -0.15) is 5.10 Å². The van der Waals surface area contributed by atoms with Gasteiger partial charge < -0.3 is 9.64 Å². The molecule has 1 N–H and O–H groups in total. The predicted octanol–water partition coefficient (Wildman–Crippen LogP) is 4.15. The topological polar surface area (TPSA) is 88.9 Å². The molecule has 3 heterocycles. The van der Waals surface area contributed by atoms with Crippen LogP contribution in [0.4, 0.5) is 4.39 Å². The third kappa shape index (κ3) is 5.18. The quantitative estimate of drug-likeness (QED) is 0.390. The van der Waals surface area contributed by atoms with Crippen LogP contribution >= 0.6 is 0 Å². The summed E-state index contributed by atoms with van der Waals surface area (Å²) >= 11 is 0. The van der Waals surface area contributed by atoms with E-state index in [4.69, 9.17) is 9.72 Å². The molecule has 0 spiro atoms. The number of nitrogens with one attached hydrogen (secondary N) is 1. The summed E-state index contributed by atoms with van der Waals surface area (Å²) in [4.78, 5) is 19.3. The minimum atomic E-state index is -0.284. The van der Waals surface area contributed by atoms with Crippen molar-refractivity contribution >= 4 is 16.9 Å². The van der Waals surface area contributed by atoms with E-state index in [0.717, 1.165) is 52.0 Å². The van der Waals surface area contributed by atoms with Crippen molar-refractivity contribution in [1.29, 1.82) is 0 Å². The van der Waals surface area contributed by atoms with Crippen LogP contribution in [0.2, 0.25) is 0 Å². The second-order valence-corrected chi connectivity index (χ2v) is 8.84. The standard InChI is InChI=1S/C26H31FN6O2/c1-16-21(17(2)28-25-24(16)26(35-5)31-33(25)4)11-12-23(34)32(3)13-7-10-20-15-22(30-29-20)18-8-6-9-19(27)14-18/h6,8-9,14-15H,7,10-13H2,1-5H3,(H,29,30). The molecule has 9 heteroatoms. The number of carbonyl (C=O) groups excluding carboxylic acids is 1. The van der Waals surface area contributed by atoms with Crippen LogP contribution in [0.5, 0.6) is 5.88 Å². The van der Waals surface area contributed by atoms with Gasteiger partial charge in [-0.05, 0) is 62.4 Å². The van der Waals surface area contributed by atoms with Gasteiger partial charge in [0.1, 0.15) is 5.82 Å². The monoisotopic (exact) mass is 478 g/mol. The van der Waals surface area contributed by atoms with Crippen LogP contribution in [-0.2, 0) is 24.7 Å². The van der Waals surface area contributed by atoms with E-state index in [1.54, 1.807) is 22.8 Å². The Bertz CT molecular complexity index is 1360. The lowest BCUT2D eigenvalue weighted by molar-refractivity contribution is -0.129. The number of aromatic nitrogens is 5. The van der Waals surface area contributed by atoms with E-state index in [1.165, 1.54) is 12.1 Å². The molecule has 3 aromatic heterocycles. The Morgan fingerprint density at radius 3 is 2.77 bits per heavy atom. The molecule has 0 unspecified atom stereocenters. The van der Waals surface area contributed by atoms with Crippen molar-refractivity contribution < 1.29 is 13.9 Å². The first kappa shape index (κ1) is 24.4. The first-order valence-electron chi connectivity index (χ1n) is 11.7. The number of benzene rings is 1. The highest BCUT2D eigenvalue weighted by molar-refractivity contribution is 5.86. The van der Waals surface area contributed by atoms with Crippen molar-refractivity contribution in [2.75, 3.05) is 20.7 Å². The molecule has 0 aliphatic rings. The highest BCUT2D eigenvalue weighted by Gasteiger charge is 2.19. The Balaban J connectivity index is 1.32. The molecular weight excluding hydrogens is 447 g/mol. The zero-order valence-electron chi connectivity index (χ0n) is 20.9. The van der Waals surface area contributed by atoms with Gasteiger partial charge in [0.2, 0.25) is 11.8 Å². The summed E-state index contributed by atoms with van der Waals surface area (Å²) in [5.74, 6) is 0.358. The first-order chi connectivity index (χ1) is 16.8. The third-order valence-electron chi connectivity index (χ3n) is 6.42. The number of hydrogen-bond donors (Lipinski definition) is 1. The summed E-state index contributed by atoms with van der Waals surface area (Å²) in [5, 5.41) is 12.6. The summed E-state index contributed by atoms with van der Waals surface area (Å²) in [5.41, 5.74) is 6.22. The maximum absolute atomic E-state index is 13.5. The number of aromatic amines is 1. The third-order valence-corrected chi connectivity index (χ3v) is 6.42. The average Bonchev–Trinajstić information content (AvgIpc) is 3.43. The Kier molecular flexibility index (Phi) is 7.14. The molecule has 1 amide bonds. The van der Waals surface area contributed by atoms with Gasteiger partial charge >= 0.3 is 0 Å². The number of amides is 1. The number of hydrogen-bond acceptors (Lipinski definition) is 5. The van der Waals surface area contributed by atoms with Gasteiger partial charge in [-0.1, -0.05) is 12.1 Å². The van der Waals surface area contributed by atoms with Crippen molar-refractivity contribution in [3.05, 3.63) is 58.7 Å². The van der Waals surface area contributed by atoms with E-state index in [2.05, 4.69) is 15.3 Å². The molecule has 0 atom stereocenters. The van der Waals surface area contributed by atoms with Crippen molar-refractivity contribution in [3.63, 3.8) is 0 Å². The van der Waals surface area contributed by atoms with Crippen LogP contribution in [0.25, 0.3) is 22.3 Å². The number of rotatable bonds is 9. The van der Waals surface area contributed by atoms with Gasteiger partial charge in [-0.25, -0.2) is 14.1 Å². The fourth-order valence-electron chi connectivity index (χ4n) is 4.45. The van der Waals surface area contributed by atoms with Crippen LogP contribution in [-0.4, -0.2) is 56.5 Å². The summed E-state index contributed by atoms with van der Waals surface area (Å²) in [6.45, 7) is 4.64. The van der Waals surface area contributed by atoms with Crippen LogP contribution in [0.3, 0.4) is 0 Å². The summed E-state index contributed by atoms with van der Waals surface area (Å²) in [6.07, 6.45) is 2.56. The van der Waals surface area contributed by atoms with Gasteiger partial charge in [0.15, 0.2) is 5.65 Å². The molecule has 35 heavy (non-hydrogen) atoms. The van der Waals surface area contributed by atoms with E-state index in [-0.39, 0.29) is 11.7 Å². The van der Waals surface area contributed by atoms with E-state index >= 15 is 0 Å². The maximum atomic E-state index is 13.5. The Hall–Kier alpha value is -3.75. The van der Waals surface area contributed by atoms with Gasteiger partial charge in [0, 0.05) is 44.0 Å². The molecule has 0 radical (unpaired) electrons. The lowest BCUT2D eigenvalue weighted by Gasteiger charge is -2.18. The van der Waals surface area contributed by atoms with Gasteiger partial charge in [-0.3, -0.25) is 9.89 Å². The molecule has 4 rings (SSSR count). The van der Waals surface area contributed by atoms with Crippen LogP contribution in [0.15, 0.2) is 30.3 Å². The molecule has 0 saturated carbocycles. The van der Waals surface area contributed by atoms with Crippen LogP contribution in [0, 0.1) is 19.7 Å². The van der Waals surface area contributed by atoms with E-state index in [9.17, 15) is 9.18 Å². The molecule has 0 bridgehead atoms. The number of halogens is 1. The van der Waals surface area contributed by atoms with Crippen molar-refractivity contribution in [3.8, 4) is 17.1 Å². The van der Waals surface area contributed by atoms with Crippen molar-refractivity contribution in [2.24, 2.45) is 7.05 Å². The summed E-state index contributed by atoms with van der Waals surface area (Å²) in [6, 6.07) is 8.31. The maximum Gasteiger partial charge on any atom is 0.242 e. The SMILES string of the molecule is COc1nn(C)c2nc(C)c(CCC(=O)N(C)CCCc3cc(-c4cccc(F)c4)n[nH]3)c(C)c12. The minimum absolute atomic E-state index is 0.0899. The highest BCUT2D eigenvalue weighted by atomic mass is 19.1. The molecule has 4 aromatic rings.